The van der Waals surface area contributed by atoms with Gasteiger partial charge in [0.1, 0.15) is 11.6 Å². The molecule has 2 aromatic carbocycles. The third-order valence-electron chi connectivity index (χ3n) is 3.29. The summed E-state index contributed by atoms with van der Waals surface area (Å²) in [6, 6.07) is 14.4. The molecule has 0 aliphatic rings. The number of aliphatic imine (C=N–C) groups is 1. The average Bonchev–Trinajstić information content (AvgIpc) is 2.63. The lowest BCUT2D eigenvalue weighted by atomic mass is 10.2. The van der Waals surface area contributed by atoms with Crippen LogP contribution in [0.4, 0.5) is 4.39 Å². The highest BCUT2D eigenvalue weighted by molar-refractivity contribution is 14.0. The zero-order valence-corrected chi connectivity index (χ0v) is 17.4. The number of hydrogen-bond donors (Lipinski definition) is 2. The molecule has 0 radical (unpaired) electrons. The van der Waals surface area contributed by atoms with Gasteiger partial charge in [-0.05, 0) is 42.0 Å². The van der Waals surface area contributed by atoms with E-state index in [2.05, 4.69) is 15.6 Å². The minimum absolute atomic E-state index is 0. The minimum atomic E-state index is -0.209. The van der Waals surface area contributed by atoms with Crippen LogP contribution in [0.15, 0.2) is 58.4 Å². The van der Waals surface area contributed by atoms with Crippen molar-refractivity contribution >= 4 is 41.7 Å². The summed E-state index contributed by atoms with van der Waals surface area (Å²) in [5.41, 5.74) is 1.12. The van der Waals surface area contributed by atoms with E-state index in [-0.39, 0.29) is 29.8 Å². The smallest absolute Gasteiger partial charge is 0.191 e. The van der Waals surface area contributed by atoms with Crippen LogP contribution in [0.25, 0.3) is 0 Å². The van der Waals surface area contributed by atoms with Gasteiger partial charge in [0.15, 0.2) is 5.96 Å². The molecule has 4 nitrogen and oxygen atoms in total. The first-order chi connectivity index (χ1) is 11.7. The summed E-state index contributed by atoms with van der Waals surface area (Å²) in [6.07, 6.45) is 0. The molecule has 0 saturated heterocycles. The molecule has 25 heavy (non-hydrogen) atoms. The number of thioether (sulfide) groups is 1. The second kappa shape index (κ2) is 12.0. The summed E-state index contributed by atoms with van der Waals surface area (Å²) in [5.74, 6) is 2.25. The van der Waals surface area contributed by atoms with E-state index in [1.54, 1.807) is 38.1 Å². The standard InChI is InChI=1S/C18H22FN3OS.HI/c1-20-18(22-13-14-4-3-5-16(12-14)23-2)21-10-11-24-17-8-6-15(19)7-9-17;/h3-9,12H,10-11,13H2,1-2H3,(H2,20,21,22);1H. The lowest BCUT2D eigenvalue weighted by molar-refractivity contribution is 0.414. The molecule has 0 saturated carbocycles. The molecule has 7 heteroatoms. The van der Waals surface area contributed by atoms with E-state index >= 15 is 0 Å². The second-order valence-electron chi connectivity index (χ2n) is 5.01. The molecular weight excluding hydrogens is 452 g/mol. The third-order valence-corrected chi connectivity index (χ3v) is 4.31. The number of halogens is 2. The van der Waals surface area contributed by atoms with E-state index < -0.39 is 0 Å². The van der Waals surface area contributed by atoms with E-state index in [0.29, 0.717) is 6.54 Å². The number of nitrogens with zero attached hydrogens (tertiary/aromatic N) is 1. The van der Waals surface area contributed by atoms with Crippen LogP contribution in [0.3, 0.4) is 0 Å². The average molecular weight is 475 g/mol. The molecule has 0 heterocycles. The number of ether oxygens (including phenoxy) is 1. The van der Waals surface area contributed by atoms with Gasteiger partial charge >= 0.3 is 0 Å². The van der Waals surface area contributed by atoms with Crippen molar-refractivity contribution in [2.24, 2.45) is 4.99 Å². The zero-order valence-electron chi connectivity index (χ0n) is 14.3. The Kier molecular flexibility index (Phi) is 10.3. The fraction of sp³-hybridized carbons (Fsp3) is 0.278. The van der Waals surface area contributed by atoms with Crippen LogP contribution in [-0.4, -0.2) is 32.4 Å². The summed E-state index contributed by atoms with van der Waals surface area (Å²) in [4.78, 5) is 5.26. The van der Waals surface area contributed by atoms with E-state index in [9.17, 15) is 4.39 Å². The molecule has 0 spiro atoms. The summed E-state index contributed by atoms with van der Waals surface area (Å²) in [6.45, 7) is 1.43. The van der Waals surface area contributed by atoms with Crippen molar-refractivity contribution in [3.8, 4) is 5.75 Å². The molecule has 2 aromatic rings. The van der Waals surface area contributed by atoms with Crippen molar-refractivity contribution in [2.45, 2.75) is 11.4 Å². The van der Waals surface area contributed by atoms with Gasteiger partial charge in [-0.15, -0.1) is 35.7 Å². The Bertz CT molecular complexity index is 668. The number of rotatable bonds is 7. The molecule has 0 aliphatic carbocycles. The topological polar surface area (TPSA) is 45.7 Å². The van der Waals surface area contributed by atoms with Crippen LogP contribution >= 0.6 is 35.7 Å². The lowest BCUT2D eigenvalue weighted by Crippen LogP contribution is -2.37. The van der Waals surface area contributed by atoms with Gasteiger partial charge in [-0.3, -0.25) is 4.99 Å². The number of benzene rings is 2. The van der Waals surface area contributed by atoms with Gasteiger partial charge in [0.2, 0.25) is 0 Å². The normalized spacial score (nSPS) is 10.8. The van der Waals surface area contributed by atoms with E-state index in [1.807, 2.05) is 24.3 Å². The van der Waals surface area contributed by atoms with Crippen LogP contribution < -0.4 is 15.4 Å². The molecule has 136 valence electrons. The second-order valence-corrected chi connectivity index (χ2v) is 6.17. The van der Waals surface area contributed by atoms with Crippen LogP contribution in [-0.2, 0) is 6.54 Å². The first kappa shape index (κ1) is 21.6. The van der Waals surface area contributed by atoms with Crippen molar-refractivity contribution in [1.82, 2.24) is 10.6 Å². The maximum absolute atomic E-state index is 12.8. The molecule has 0 aromatic heterocycles. The summed E-state index contributed by atoms with van der Waals surface area (Å²) >= 11 is 1.67. The highest BCUT2D eigenvalue weighted by Gasteiger charge is 2.00. The van der Waals surface area contributed by atoms with Crippen molar-refractivity contribution < 1.29 is 9.13 Å². The Morgan fingerprint density at radius 2 is 1.92 bits per heavy atom. The monoisotopic (exact) mass is 475 g/mol. The summed E-state index contributed by atoms with van der Waals surface area (Å²) in [5, 5.41) is 6.53. The molecule has 2 N–H and O–H groups in total. The summed E-state index contributed by atoms with van der Waals surface area (Å²) < 4.78 is 18.1. The number of methoxy groups -OCH3 is 1. The predicted molar refractivity (Wildman–Crippen MR) is 114 cm³/mol. The molecule has 0 unspecified atom stereocenters. The quantitative estimate of drug-likeness (QED) is 0.210. The van der Waals surface area contributed by atoms with Crippen molar-refractivity contribution in [3.05, 3.63) is 59.9 Å². The minimum Gasteiger partial charge on any atom is -0.497 e. The van der Waals surface area contributed by atoms with E-state index in [1.165, 1.54) is 12.1 Å². The largest absolute Gasteiger partial charge is 0.497 e. The maximum atomic E-state index is 12.8. The van der Waals surface area contributed by atoms with E-state index in [0.717, 1.165) is 34.5 Å². The van der Waals surface area contributed by atoms with Gasteiger partial charge < -0.3 is 15.4 Å². The predicted octanol–water partition coefficient (Wildman–Crippen LogP) is 3.91. The molecule has 0 bridgehead atoms. The molecule has 0 amide bonds. The number of nitrogens with one attached hydrogen (secondary N) is 2. The van der Waals surface area contributed by atoms with E-state index in [4.69, 9.17) is 4.74 Å². The number of hydrogen-bond acceptors (Lipinski definition) is 3. The lowest BCUT2D eigenvalue weighted by Gasteiger charge is -2.12. The highest BCUT2D eigenvalue weighted by atomic mass is 127. The maximum Gasteiger partial charge on any atom is 0.191 e. The Morgan fingerprint density at radius 3 is 2.60 bits per heavy atom. The fourth-order valence-corrected chi connectivity index (χ4v) is 2.83. The Labute approximate surface area is 169 Å². The van der Waals surface area contributed by atoms with Crippen molar-refractivity contribution in [1.29, 1.82) is 0 Å². The Balaban J connectivity index is 0.00000312. The van der Waals surface area contributed by atoms with Crippen LogP contribution in [0, 0.1) is 5.82 Å². The van der Waals surface area contributed by atoms with Gasteiger partial charge in [-0.25, -0.2) is 4.39 Å². The van der Waals surface area contributed by atoms with Crippen LogP contribution in [0.2, 0.25) is 0 Å². The highest BCUT2D eigenvalue weighted by Crippen LogP contribution is 2.17. The first-order valence-electron chi connectivity index (χ1n) is 7.67. The van der Waals surface area contributed by atoms with Gasteiger partial charge in [-0.2, -0.15) is 0 Å². The Hall–Kier alpha value is -1.48. The number of guanidine groups is 1. The molecule has 0 atom stereocenters. The SMILES string of the molecule is CN=C(NCCSc1ccc(F)cc1)NCc1cccc(OC)c1.I. The molecule has 0 aliphatic heterocycles. The van der Waals surface area contributed by atoms with Crippen LogP contribution in [0.1, 0.15) is 5.56 Å². The fourth-order valence-electron chi connectivity index (χ4n) is 2.06. The van der Waals surface area contributed by atoms with Gasteiger partial charge in [-0.1, -0.05) is 12.1 Å². The molecule has 2 rings (SSSR count). The summed E-state index contributed by atoms with van der Waals surface area (Å²) in [7, 11) is 3.40. The van der Waals surface area contributed by atoms with Gasteiger partial charge in [0.25, 0.3) is 0 Å². The molecular formula is C18H23FIN3OS. The van der Waals surface area contributed by atoms with Crippen molar-refractivity contribution in [3.63, 3.8) is 0 Å². The zero-order chi connectivity index (χ0) is 17.2. The van der Waals surface area contributed by atoms with Gasteiger partial charge in [0, 0.05) is 30.8 Å². The van der Waals surface area contributed by atoms with Gasteiger partial charge in [0.05, 0.1) is 7.11 Å². The Morgan fingerprint density at radius 1 is 1.16 bits per heavy atom. The first-order valence-corrected chi connectivity index (χ1v) is 8.65. The van der Waals surface area contributed by atoms with Crippen LogP contribution in [0.5, 0.6) is 5.75 Å². The molecule has 0 fully saturated rings. The van der Waals surface area contributed by atoms with Crippen molar-refractivity contribution in [2.75, 3.05) is 26.5 Å². The third kappa shape index (κ3) is 7.96.